The van der Waals surface area contributed by atoms with E-state index in [0.717, 1.165) is 24.1 Å². The van der Waals surface area contributed by atoms with Gasteiger partial charge in [-0.2, -0.15) is 0 Å². The Bertz CT molecular complexity index is 838. The summed E-state index contributed by atoms with van der Waals surface area (Å²) in [7, 11) is 3.12. The zero-order valence-electron chi connectivity index (χ0n) is 15.9. The third-order valence-corrected chi connectivity index (χ3v) is 4.75. The summed E-state index contributed by atoms with van der Waals surface area (Å²) in [5.41, 5.74) is 2.71. The van der Waals surface area contributed by atoms with Gasteiger partial charge in [0.15, 0.2) is 0 Å². The molecule has 142 valence electrons. The minimum Gasteiger partial charge on any atom is -0.496 e. The summed E-state index contributed by atoms with van der Waals surface area (Å²) in [6.45, 7) is 2.58. The fourth-order valence-corrected chi connectivity index (χ4v) is 3.25. The van der Waals surface area contributed by atoms with Crippen molar-refractivity contribution in [1.29, 1.82) is 0 Å². The zero-order valence-corrected chi connectivity index (χ0v) is 15.9. The van der Waals surface area contributed by atoms with Gasteiger partial charge in [0.2, 0.25) is 5.91 Å². The topological polar surface area (TPSA) is 67.9 Å². The second-order valence-electron chi connectivity index (χ2n) is 6.51. The largest absolute Gasteiger partial charge is 0.496 e. The fraction of sp³-hybridized carbons (Fsp3) is 0.333. The number of hydrogen-bond acceptors (Lipinski definition) is 4. The molecule has 0 radical (unpaired) electrons. The van der Waals surface area contributed by atoms with E-state index in [4.69, 9.17) is 9.47 Å². The van der Waals surface area contributed by atoms with Crippen molar-refractivity contribution in [2.45, 2.75) is 26.2 Å². The summed E-state index contributed by atoms with van der Waals surface area (Å²) in [6.07, 6.45) is 2.49. The molecular formula is C21H24N2O4. The average Bonchev–Trinajstić information content (AvgIpc) is 2.68. The van der Waals surface area contributed by atoms with Crippen LogP contribution in [0.2, 0.25) is 0 Å². The smallest absolute Gasteiger partial charge is 0.255 e. The molecule has 0 spiro atoms. The molecule has 1 fully saturated rings. The molecule has 0 saturated carbocycles. The summed E-state index contributed by atoms with van der Waals surface area (Å²) in [4.78, 5) is 26.6. The molecule has 0 unspecified atom stereocenters. The van der Waals surface area contributed by atoms with E-state index < -0.39 is 0 Å². The highest BCUT2D eigenvalue weighted by Crippen LogP contribution is 2.30. The van der Waals surface area contributed by atoms with Crippen molar-refractivity contribution < 1.29 is 19.1 Å². The Balaban J connectivity index is 1.82. The summed E-state index contributed by atoms with van der Waals surface area (Å²) in [5.74, 6) is 1.03. The van der Waals surface area contributed by atoms with Crippen LogP contribution in [-0.4, -0.2) is 32.6 Å². The number of ether oxygens (including phenoxy) is 2. The van der Waals surface area contributed by atoms with Gasteiger partial charge in [0.1, 0.15) is 11.5 Å². The molecule has 2 aromatic rings. The summed E-state index contributed by atoms with van der Waals surface area (Å²) >= 11 is 0. The first-order valence-corrected chi connectivity index (χ1v) is 8.98. The fourth-order valence-electron chi connectivity index (χ4n) is 3.25. The second-order valence-corrected chi connectivity index (χ2v) is 6.51. The predicted octanol–water partition coefficient (Wildman–Crippen LogP) is 3.78. The Labute approximate surface area is 159 Å². The van der Waals surface area contributed by atoms with Crippen LogP contribution in [-0.2, 0) is 4.79 Å². The minimum absolute atomic E-state index is 0.123. The second kappa shape index (κ2) is 8.12. The third-order valence-electron chi connectivity index (χ3n) is 4.75. The molecule has 1 N–H and O–H groups in total. The van der Waals surface area contributed by atoms with Crippen LogP contribution in [0.15, 0.2) is 36.4 Å². The van der Waals surface area contributed by atoms with E-state index in [9.17, 15) is 9.59 Å². The van der Waals surface area contributed by atoms with Gasteiger partial charge in [0.05, 0.1) is 14.2 Å². The number of benzene rings is 2. The number of nitrogens with zero attached hydrogens (tertiary/aromatic N) is 1. The molecule has 0 atom stereocenters. The minimum atomic E-state index is -0.270. The van der Waals surface area contributed by atoms with Crippen molar-refractivity contribution >= 4 is 23.2 Å². The van der Waals surface area contributed by atoms with Gasteiger partial charge < -0.3 is 19.7 Å². The molecule has 2 amide bonds. The van der Waals surface area contributed by atoms with Crippen molar-refractivity contribution in [3.63, 3.8) is 0 Å². The maximum atomic E-state index is 12.7. The van der Waals surface area contributed by atoms with E-state index >= 15 is 0 Å². The van der Waals surface area contributed by atoms with Crippen molar-refractivity contribution in [2.75, 3.05) is 31.0 Å². The first-order valence-electron chi connectivity index (χ1n) is 8.98. The summed E-state index contributed by atoms with van der Waals surface area (Å²) in [6, 6.07) is 10.7. The van der Waals surface area contributed by atoms with Gasteiger partial charge >= 0.3 is 0 Å². The van der Waals surface area contributed by atoms with Crippen LogP contribution < -0.4 is 19.7 Å². The predicted molar refractivity (Wildman–Crippen MR) is 105 cm³/mol. The number of amides is 2. The Kier molecular flexibility index (Phi) is 5.64. The van der Waals surface area contributed by atoms with Crippen LogP contribution in [0.5, 0.6) is 11.5 Å². The summed E-state index contributed by atoms with van der Waals surface area (Å²) in [5, 5.41) is 2.89. The Hall–Kier alpha value is -3.02. The van der Waals surface area contributed by atoms with Crippen LogP contribution in [0, 0.1) is 6.92 Å². The first kappa shape index (κ1) is 18.8. The lowest BCUT2D eigenvalue weighted by molar-refractivity contribution is -0.119. The third kappa shape index (κ3) is 4.05. The van der Waals surface area contributed by atoms with Crippen molar-refractivity contribution in [1.82, 2.24) is 0 Å². The van der Waals surface area contributed by atoms with Crippen LogP contribution in [0.1, 0.15) is 35.2 Å². The molecule has 1 aliphatic rings. The normalized spacial score (nSPS) is 14.0. The number of nitrogens with one attached hydrogen (secondary N) is 1. The van der Waals surface area contributed by atoms with Gasteiger partial charge in [-0.1, -0.05) is 6.07 Å². The van der Waals surface area contributed by atoms with Gasteiger partial charge in [-0.15, -0.1) is 0 Å². The first-order chi connectivity index (χ1) is 13.0. The van der Waals surface area contributed by atoms with E-state index in [1.165, 1.54) is 0 Å². The van der Waals surface area contributed by atoms with Gasteiger partial charge in [0.25, 0.3) is 5.91 Å². The molecule has 6 heteroatoms. The molecule has 2 aromatic carbocycles. The van der Waals surface area contributed by atoms with Crippen LogP contribution in [0.3, 0.4) is 0 Å². The van der Waals surface area contributed by atoms with E-state index in [-0.39, 0.29) is 11.8 Å². The Morgan fingerprint density at radius 2 is 1.78 bits per heavy atom. The number of carbonyl (C=O) groups is 2. The van der Waals surface area contributed by atoms with Gasteiger partial charge in [0, 0.05) is 35.5 Å². The molecule has 0 bridgehead atoms. The van der Waals surface area contributed by atoms with Gasteiger partial charge in [-0.3, -0.25) is 9.59 Å². The van der Waals surface area contributed by atoms with Crippen molar-refractivity contribution in [3.8, 4) is 11.5 Å². The monoisotopic (exact) mass is 368 g/mol. The number of rotatable bonds is 5. The molecule has 1 saturated heterocycles. The molecule has 0 aromatic heterocycles. The van der Waals surface area contributed by atoms with E-state index in [1.807, 2.05) is 25.1 Å². The number of carbonyl (C=O) groups excluding carboxylic acids is 2. The van der Waals surface area contributed by atoms with E-state index in [0.29, 0.717) is 35.7 Å². The maximum absolute atomic E-state index is 12.7. The molecule has 27 heavy (non-hydrogen) atoms. The standard InChI is InChI=1S/C21H24N2O4/c1-14-18(26-2)11-15(12-19(14)27-3)21(25)22-16-7-6-8-17(13-16)23-10-5-4-9-20(23)24/h6-8,11-13H,4-5,9-10H2,1-3H3,(H,22,25). The van der Waals surface area contributed by atoms with E-state index in [2.05, 4.69) is 5.32 Å². The highest BCUT2D eigenvalue weighted by Gasteiger charge is 2.20. The van der Waals surface area contributed by atoms with Gasteiger partial charge in [-0.05, 0) is 50.1 Å². The Morgan fingerprint density at radius 3 is 2.41 bits per heavy atom. The molecular weight excluding hydrogens is 344 g/mol. The lowest BCUT2D eigenvalue weighted by Gasteiger charge is -2.27. The van der Waals surface area contributed by atoms with Gasteiger partial charge in [-0.25, -0.2) is 0 Å². The van der Waals surface area contributed by atoms with E-state index in [1.54, 1.807) is 37.3 Å². The number of methoxy groups -OCH3 is 2. The molecule has 1 heterocycles. The maximum Gasteiger partial charge on any atom is 0.255 e. The SMILES string of the molecule is COc1cc(C(=O)Nc2cccc(N3CCCCC3=O)c2)cc(OC)c1C. The van der Waals surface area contributed by atoms with Crippen LogP contribution in [0.25, 0.3) is 0 Å². The Morgan fingerprint density at radius 1 is 1.07 bits per heavy atom. The molecule has 1 aliphatic heterocycles. The molecule has 3 rings (SSSR count). The highest BCUT2D eigenvalue weighted by molar-refractivity contribution is 6.05. The highest BCUT2D eigenvalue weighted by atomic mass is 16.5. The number of hydrogen-bond donors (Lipinski definition) is 1. The van der Waals surface area contributed by atoms with Crippen molar-refractivity contribution in [2.24, 2.45) is 0 Å². The molecule has 0 aliphatic carbocycles. The number of piperidine rings is 1. The molecule has 6 nitrogen and oxygen atoms in total. The van der Waals surface area contributed by atoms with Crippen molar-refractivity contribution in [3.05, 3.63) is 47.5 Å². The summed E-state index contributed by atoms with van der Waals surface area (Å²) < 4.78 is 10.7. The lowest BCUT2D eigenvalue weighted by Crippen LogP contribution is -2.35. The van der Waals surface area contributed by atoms with Crippen LogP contribution >= 0.6 is 0 Å². The zero-order chi connectivity index (χ0) is 19.4. The number of anilines is 2. The lowest BCUT2D eigenvalue weighted by atomic mass is 10.1. The van der Waals surface area contributed by atoms with Crippen LogP contribution in [0.4, 0.5) is 11.4 Å². The quantitative estimate of drug-likeness (QED) is 0.872. The average molecular weight is 368 g/mol.